The molecule has 0 saturated carbocycles. The summed E-state index contributed by atoms with van der Waals surface area (Å²) >= 11 is 0. The van der Waals surface area contributed by atoms with E-state index in [0.29, 0.717) is 12.8 Å². The maximum absolute atomic E-state index is 13.0. The summed E-state index contributed by atoms with van der Waals surface area (Å²) in [4.78, 5) is 10.5. The Kier molecular flexibility index (Phi) is 4.43. The number of aryl methyl sites for hydroxylation is 1. The lowest BCUT2D eigenvalue weighted by atomic mass is 9.98. The van der Waals surface area contributed by atoms with Gasteiger partial charge in [-0.15, -0.1) is 0 Å². The summed E-state index contributed by atoms with van der Waals surface area (Å²) < 4.78 is 13.0. The molecule has 0 spiro atoms. The molecule has 1 rings (SSSR count). The first-order valence-corrected chi connectivity index (χ1v) is 5.23. The van der Waals surface area contributed by atoms with E-state index in [4.69, 9.17) is 10.8 Å². The normalized spacial score (nSPS) is 12.4. The first-order valence-electron chi connectivity index (χ1n) is 5.23. The molecule has 4 heteroatoms. The smallest absolute Gasteiger partial charge is 0.303 e. The fourth-order valence-corrected chi connectivity index (χ4v) is 1.62. The van der Waals surface area contributed by atoms with Crippen molar-refractivity contribution < 1.29 is 14.3 Å². The van der Waals surface area contributed by atoms with Crippen molar-refractivity contribution in [2.24, 2.45) is 5.73 Å². The second-order valence-corrected chi connectivity index (χ2v) is 3.99. The molecule has 1 aromatic rings. The van der Waals surface area contributed by atoms with Crippen LogP contribution in [0, 0.1) is 5.82 Å². The van der Waals surface area contributed by atoms with Crippen molar-refractivity contribution in [2.45, 2.75) is 32.2 Å². The van der Waals surface area contributed by atoms with Gasteiger partial charge in [0.2, 0.25) is 0 Å². The van der Waals surface area contributed by atoms with Gasteiger partial charge < -0.3 is 10.8 Å². The third-order valence-corrected chi connectivity index (χ3v) is 2.32. The molecule has 16 heavy (non-hydrogen) atoms. The molecule has 3 N–H and O–H groups in total. The van der Waals surface area contributed by atoms with Crippen molar-refractivity contribution in [3.8, 4) is 0 Å². The van der Waals surface area contributed by atoms with Crippen LogP contribution in [-0.4, -0.2) is 17.1 Å². The lowest BCUT2D eigenvalue weighted by molar-refractivity contribution is -0.136. The predicted molar refractivity (Wildman–Crippen MR) is 59.7 cm³/mol. The molecule has 0 fully saturated rings. The van der Waals surface area contributed by atoms with Crippen molar-refractivity contribution in [3.05, 3.63) is 35.1 Å². The Balaban J connectivity index is 2.84. The summed E-state index contributed by atoms with van der Waals surface area (Å²) in [5.41, 5.74) is 7.32. The SMILES string of the molecule is CC(N)Cc1cc(F)ccc1CCC(=O)O. The van der Waals surface area contributed by atoms with E-state index in [1.807, 2.05) is 6.92 Å². The molecule has 0 aliphatic rings. The zero-order valence-corrected chi connectivity index (χ0v) is 9.24. The molecular formula is C12H16FNO2. The van der Waals surface area contributed by atoms with E-state index in [1.54, 1.807) is 6.07 Å². The Labute approximate surface area is 94.1 Å². The second kappa shape index (κ2) is 5.61. The van der Waals surface area contributed by atoms with E-state index in [1.165, 1.54) is 12.1 Å². The van der Waals surface area contributed by atoms with Gasteiger partial charge in [0.25, 0.3) is 0 Å². The third-order valence-electron chi connectivity index (χ3n) is 2.32. The summed E-state index contributed by atoms with van der Waals surface area (Å²) in [5.74, 6) is -1.16. The highest BCUT2D eigenvalue weighted by molar-refractivity contribution is 5.67. The number of carboxylic acid groups (broad SMARTS) is 1. The Morgan fingerprint density at radius 1 is 1.50 bits per heavy atom. The van der Waals surface area contributed by atoms with Crippen molar-refractivity contribution in [1.29, 1.82) is 0 Å². The molecule has 0 heterocycles. The van der Waals surface area contributed by atoms with E-state index in [0.717, 1.165) is 11.1 Å². The highest BCUT2D eigenvalue weighted by Crippen LogP contribution is 2.15. The molecule has 0 amide bonds. The molecule has 0 aromatic heterocycles. The largest absolute Gasteiger partial charge is 0.481 e. The standard InChI is InChI=1S/C12H16FNO2/c1-8(14)6-10-7-11(13)4-2-9(10)3-5-12(15)16/h2,4,7-8H,3,5-6,14H2,1H3,(H,15,16). The number of carboxylic acids is 1. The zero-order chi connectivity index (χ0) is 12.1. The molecular weight excluding hydrogens is 209 g/mol. The zero-order valence-electron chi connectivity index (χ0n) is 9.24. The van der Waals surface area contributed by atoms with Crippen molar-refractivity contribution in [3.63, 3.8) is 0 Å². The van der Waals surface area contributed by atoms with Crippen molar-refractivity contribution in [2.75, 3.05) is 0 Å². The Bertz CT molecular complexity index is 377. The Morgan fingerprint density at radius 3 is 2.75 bits per heavy atom. The fourth-order valence-electron chi connectivity index (χ4n) is 1.62. The minimum atomic E-state index is -0.851. The Hall–Kier alpha value is -1.42. The van der Waals surface area contributed by atoms with E-state index in [9.17, 15) is 9.18 Å². The number of halogens is 1. The minimum absolute atomic E-state index is 0.0532. The lowest BCUT2D eigenvalue weighted by Gasteiger charge is -2.11. The maximum atomic E-state index is 13.0. The van der Waals surface area contributed by atoms with Crippen LogP contribution in [0.2, 0.25) is 0 Å². The molecule has 0 saturated heterocycles. The van der Waals surface area contributed by atoms with Gasteiger partial charge in [-0.2, -0.15) is 0 Å². The van der Waals surface area contributed by atoms with E-state index < -0.39 is 5.97 Å². The van der Waals surface area contributed by atoms with Gasteiger partial charge in [0.1, 0.15) is 5.82 Å². The van der Waals surface area contributed by atoms with E-state index in [2.05, 4.69) is 0 Å². The summed E-state index contributed by atoms with van der Waals surface area (Å²) in [7, 11) is 0. The maximum Gasteiger partial charge on any atom is 0.303 e. The molecule has 1 aromatic carbocycles. The van der Waals surface area contributed by atoms with Crippen LogP contribution in [-0.2, 0) is 17.6 Å². The molecule has 1 unspecified atom stereocenters. The van der Waals surface area contributed by atoms with E-state index in [-0.39, 0.29) is 18.3 Å². The molecule has 3 nitrogen and oxygen atoms in total. The number of benzene rings is 1. The highest BCUT2D eigenvalue weighted by atomic mass is 19.1. The van der Waals surface area contributed by atoms with Gasteiger partial charge in [0, 0.05) is 12.5 Å². The lowest BCUT2D eigenvalue weighted by Crippen LogP contribution is -2.19. The van der Waals surface area contributed by atoms with Gasteiger partial charge in [0.15, 0.2) is 0 Å². The molecule has 88 valence electrons. The summed E-state index contributed by atoms with van der Waals surface area (Å²) in [6, 6.07) is 4.35. The fraction of sp³-hybridized carbons (Fsp3) is 0.417. The van der Waals surface area contributed by atoms with Gasteiger partial charge in [-0.25, -0.2) is 4.39 Å². The van der Waals surface area contributed by atoms with Crippen molar-refractivity contribution in [1.82, 2.24) is 0 Å². The van der Waals surface area contributed by atoms with Crippen LogP contribution >= 0.6 is 0 Å². The van der Waals surface area contributed by atoms with Crippen LogP contribution in [0.1, 0.15) is 24.5 Å². The summed E-state index contributed by atoms with van der Waals surface area (Å²) in [5, 5.41) is 8.60. The minimum Gasteiger partial charge on any atom is -0.481 e. The van der Waals surface area contributed by atoms with Crippen LogP contribution in [0.5, 0.6) is 0 Å². The van der Waals surface area contributed by atoms with Gasteiger partial charge in [-0.05, 0) is 43.0 Å². The predicted octanol–water partition coefficient (Wildman–Crippen LogP) is 1.73. The summed E-state index contributed by atoms with van der Waals surface area (Å²) in [6.07, 6.45) is 1.03. The van der Waals surface area contributed by atoms with Crippen LogP contribution in [0.4, 0.5) is 4.39 Å². The number of hydrogen-bond donors (Lipinski definition) is 2. The van der Waals surface area contributed by atoms with Gasteiger partial charge in [-0.1, -0.05) is 6.07 Å². The monoisotopic (exact) mass is 225 g/mol. The summed E-state index contributed by atoms with van der Waals surface area (Å²) in [6.45, 7) is 1.84. The number of nitrogens with two attached hydrogens (primary N) is 1. The van der Waals surface area contributed by atoms with Crippen LogP contribution in [0.25, 0.3) is 0 Å². The quantitative estimate of drug-likeness (QED) is 0.802. The topological polar surface area (TPSA) is 63.3 Å². The van der Waals surface area contributed by atoms with Crippen molar-refractivity contribution >= 4 is 5.97 Å². The van der Waals surface area contributed by atoms with Crippen LogP contribution in [0.15, 0.2) is 18.2 Å². The number of carbonyl (C=O) groups is 1. The average Bonchev–Trinajstić information content (AvgIpc) is 2.15. The number of rotatable bonds is 5. The van der Waals surface area contributed by atoms with Gasteiger partial charge in [0.05, 0.1) is 0 Å². The van der Waals surface area contributed by atoms with E-state index >= 15 is 0 Å². The average molecular weight is 225 g/mol. The molecule has 0 aliphatic carbocycles. The highest BCUT2D eigenvalue weighted by Gasteiger charge is 2.08. The first-order chi connectivity index (χ1) is 7.49. The van der Waals surface area contributed by atoms with Crippen LogP contribution in [0.3, 0.4) is 0 Å². The number of hydrogen-bond acceptors (Lipinski definition) is 2. The second-order valence-electron chi connectivity index (χ2n) is 3.99. The molecule has 0 bridgehead atoms. The molecule has 0 radical (unpaired) electrons. The van der Waals surface area contributed by atoms with Gasteiger partial charge in [-0.3, -0.25) is 4.79 Å². The van der Waals surface area contributed by atoms with Crippen LogP contribution < -0.4 is 5.73 Å². The third kappa shape index (κ3) is 3.98. The van der Waals surface area contributed by atoms with Gasteiger partial charge >= 0.3 is 5.97 Å². The Morgan fingerprint density at radius 2 is 2.19 bits per heavy atom. The molecule has 0 aliphatic heterocycles. The molecule has 1 atom stereocenters. The first kappa shape index (κ1) is 12.6. The number of aliphatic carboxylic acids is 1.